The highest BCUT2D eigenvalue weighted by atomic mass is 19.2. The summed E-state index contributed by atoms with van der Waals surface area (Å²) >= 11 is 0. The fourth-order valence-corrected chi connectivity index (χ4v) is 2.25. The first kappa shape index (κ1) is 16.7. The lowest BCUT2D eigenvalue weighted by Crippen LogP contribution is -2.14. The van der Waals surface area contributed by atoms with Crippen molar-refractivity contribution in [3.05, 3.63) is 52.3 Å². The zero-order valence-corrected chi connectivity index (χ0v) is 12.9. The number of halogens is 2. The number of rotatable bonds is 4. The molecule has 5 nitrogen and oxygen atoms in total. The first-order valence-corrected chi connectivity index (χ1v) is 6.97. The molecule has 0 atom stereocenters. The summed E-state index contributed by atoms with van der Waals surface area (Å²) in [5, 5.41) is 2.45. The summed E-state index contributed by atoms with van der Waals surface area (Å²) in [6, 6.07) is 3.04. The molecular formula is C16H16F2N2O3. The van der Waals surface area contributed by atoms with Gasteiger partial charge >= 0.3 is 5.97 Å². The van der Waals surface area contributed by atoms with Gasteiger partial charge in [-0.05, 0) is 38.5 Å². The Morgan fingerprint density at radius 3 is 2.52 bits per heavy atom. The predicted molar refractivity (Wildman–Crippen MR) is 80.5 cm³/mol. The molecule has 0 saturated carbocycles. The predicted octanol–water partition coefficient (Wildman–Crippen LogP) is 3.34. The number of aromatic nitrogens is 1. The smallest absolute Gasteiger partial charge is 0.340 e. The van der Waals surface area contributed by atoms with Gasteiger partial charge in [0.25, 0.3) is 5.91 Å². The lowest BCUT2D eigenvalue weighted by Gasteiger charge is -2.06. The van der Waals surface area contributed by atoms with Crippen LogP contribution in [0.25, 0.3) is 0 Å². The molecular weight excluding hydrogens is 306 g/mol. The van der Waals surface area contributed by atoms with Crippen molar-refractivity contribution in [1.82, 2.24) is 4.98 Å². The Morgan fingerprint density at radius 1 is 1.22 bits per heavy atom. The Bertz CT molecular complexity index is 769. The van der Waals surface area contributed by atoms with Crippen LogP contribution in [0.5, 0.6) is 0 Å². The van der Waals surface area contributed by atoms with E-state index in [9.17, 15) is 18.4 Å². The Labute approximate surface area is 131 Å². The number of aryl methyl sites for hydroxylation is 1. The minimum absolute atomic E-state index is 0.109. The summed E-state index contributed by atoms with van der Waals surface area (Å²) in [6.45, 7) is 5.16. The van der Waals surface area contributed by atoms with Gasteiger partial charge in [0.2, 0.25) is 0 Å². The lowest BCUT2D eigenvalue weighted by molar-refractivity contribution is 0.0525. The van der Waals surface area contributed by atoms with Crippen molar-refractivity contribution < 1.29 is 23.1 Å². The van der Waals surface area contributed by atoms with E-state index in [0.29, 0.717) is 16.8 Å². The van der Waals surface area contributed by atoms with Crippen LogP contribution in [0.1, 0.15) is 39.0 Å². The minimum atomic E-state index is -1.06. The van der Waals surface area contributed by atoms with Gasteiger partial charge in [0.15, 0.2) is 11.6 Å². The molecule has 7 heteroatoms. The highest BCUT2D eigenvalue weighted by molar-refractivity contribution is 6.06. The third kappa shape index (κ3) is 3.39. The summed E-state index contributed by atoms with van der Waals surface area (Å²) < 4.78 is 31.0. The van der Waals surface area contributed by atoms with Crippen molar-refractivity contribution in [2.75, 3.05) is 11.9 Å². The number of hydrogen-bond donors (Lipinski definition) is 2. The molecule has 1 heterocycles. The number of esters is 1. The van der Waals surface area contributed by atoms with Crippen LogP contribution in [0.15, 0.2) is 18.2 Å². The average molecular weight is 322 g/mol. The lowest BCUT2D eigenvalue weighted by atomic mass is 10.1. The third-order valence-electron chi connectivity index (χ3n) is 3.32. The van der Waals surface area contributed by atoms with E-state index in [4.69, 9.17) is 4.74 Å². The first-order valence-electron chi connectivity index (χ1n) is 6.97. The molecule has 122 valence electrons. The van der Waals surface area contributed by atoms with Crippen molar-refractivity contribution in [1.29, 1.82) is 0 Å². The molecule has 23 heavy (non-hydrogen) atoms. The third-order valence-corrected chi connectivity index (χ3v) is 3.32. The van der Waals surface area contributed by atoms with Gasteiger partial charge in [-0.1, -0.05) is 0 Å². The standard InChI is InChI=1S/C16H16F2N2O3/c1-4-23-16(22)13-8(2)14(19-9(13)3)15(21)20-10-5-6-11(17)12(18)7-10/h5-7,19H,4H2,1-3H3,(H,20,21). The number of amides is 1. The summed E-state index contributed by atoms with van der Waals surface area (Å²) in [6.07, 6.45) is 0. The SMILES string of the molecule is CCOC(=O)c1c(C)[nH]c(C(=O)Nc2ccc(F)c(F)c2)c1C. The van der Waals surface area contributed by atoms with Crippen molar-refractivity contribution in [2.24, 2.45) is 0 Å². The molecule has 0 aliphatic rings. The number of anilines is 1. The van der Waals surface area contributed by atoms with Gasteiger partial charge in [0, 0.05) is 17.4 Å². The first-order chi connectivity index (χ1) is 10.8. The van der Waals surface area contributed by atoms with E-state index in [1.54, 1.807) is 20.8 Å². The van der Waals surface area contributed by atoms with Crippen LogP contribution < -0.4 is 5.32 Å². The van der Waals surface area contributed by atoms with E-state index in [1.807, 2.05) is 0 Å². The molecule has 0 aliphatic carbocycles. The molecule has 1 amide bonds. The Hall–Kier alpha value is -2.70. The second kappa shape index (κ2) is 6.60. The van der Waals surface area contributed by atoms with Crippen LogP contribution in [-0.2, 0) is 4.74 Å². The van der Waals surface area contributed by atoms with Crippen molar-refractivity contribution in [3.8, 4) is 0 Å². The molecule has 1 aromatic heterocycles. The van der Waals surface area contributed by atoms with Crippen molar-refractivity contribution in [3.63, 3.8) is 0 Å². The highest BCUT2D eigenvalue weighted by Crippen LogP contribution is 2.21. The second-order valence-corrected chi connectivity index (χ2v) is 4.93. The van der Waals surface area contributed by atoms with Gasteiger partial charge in [-0.25, -0.2) is 13.6 Å². The average Bonchev–Trinajstić information content (AvgIpc) is 2.78. The van der Waals surface area contributed by atoms with Gasteiger partial charge in [0.1, 0.15) is 5.69 Å². The number of carbonyl (C=O) groups is 2. The van der Waals surface area contributed by atoms with E-state index in [2.05, 4.69) is 10.3 Å². The molecule has 0 saturated heterocycles. The van der Waals surface area contributed by atoms with Crippen LogP contribution in [0, 0.1) is 25.5 Å². The zero-order valence-electron chi connectivity index (χ0n) is 12.9. The van der Waals surface area contributed by atoms with E-state index in [0.717, 1.165) is 12.1 Å². The quantitative estimate of drug-likeness (QED) is 0.848. The molecule has 0 fully saturated rings. The van der Waals surface area contributed by atoms with Crippen LogP contribution in [-0.4, -0.2) is 23.5 Å². The molecule has 2 rings (SSSR count). The van der Waals surface area contributed by atoms with E-state index in [1.165, 1.54) is 6.07 Å². The van der Waals surface area contributed by atoms with Crippen LogP contribution in [0.3, 0.4) is 0 Å². The number of hydrogen-bond acceptors (Lipinski definition) is 3. The number of nitrogens with one attached hydrogen (secondary N) is 2. The number of ether oxygens (including phenoxy) is 1. The van der Waals surface area contributed by atoms with Crippen LogP contribution in [0.4, 0.5) is 14.5 Å². The van der Waals surface area contributed by atoms with Gasteiger partial charge in [0.05, 0.1) is 12.2 Å². The van der Waals surface area contributed by atoms with Crippen molar-refractivity contribution in [2.45, 2.75) is 20.8 Å². The Morgan fingerprint density at radius 2 is 1.91 bits per heavy atom. The van der Waals surface area contributed by atoms with Gasteiger partial charge < -0.3 is 15.0 Å². The van der Waals surface area contributed by atoms with Gasteiger partial charge in [-0.15, -0.1) is 0 Å². The van der Waals surface area contributed by atoms with E-state index in [-0.39, 0.29) is 18.0 Å². The van der Waals surface area contributed by atoms with Crippen LogP contribution in [0.2, 0.25) is 0 Å². The number of aromatic amines is 1. The largest absolute Gasteiger partial charge is 0.462 e. The fraction of sp³-hybridized carbons (Fsp3) is 0.250. The number of carbonyl (C=O) groups excluding carboxylic acids is 2. The van der Waals surface area contributed by atoms with Gasteiger partial charge in [-0.3, -0.25) is 4.79 Å². The topological polar surface area (TPSA) is 71.2 Å². The molecule has 2 N–H and O–H groups in total. The van der Waals surface area contributed by atoms with Crippen molar-refractivity contribution >= 4 is 17.6 Å². The summed E-state index contributed by atoms with van der Waals surface area (Å²) in [7, 11) is 0. The molecule has 0 radical (unpaired) electrons. The summed E-state index contributed by atoms with van der Waals surface area (Å²) in [5.74, 6) is -3.15. The molecule has 0 spiro atoms. The van der Waals surface area contributed by atoms with E-state index >= 15 is 0 Å². The minimum Gasteiger partial charge on any atom is -0.462 e. The summed E-state index contributed by atoms with van der Waals surface area (Å²) in [4.78, 5) is 27.0. The van der Waals surface area contributed by atoms with E-state index < -0.39 is 23.5 Å². The maximum absolute atomic E-state index is 13.2. The number of H-pyrrole nitrogens is 1. The zero-order chi connectivity index (χ0) is 17.1. The second-order valence-electron chi connectivity index (χ2n) is 4.93. The molecule has 0 aliphatic heterocycles. The fourth-order valence-electron chi connectivity index (χ4n) is 2.25. The Balaban J connectivity index is 2.28. The molecule has 0 unspecified atom stereocenters. The maximum Gasteiger partial charge on any atom is 0.340 e. The molecule has 0 bridgehead atoms. The molecule has 2 aromatic rings. The highest BCUT2D eigenvalue weighted by Gasteiger charge is 2.23. The van der Waals surface area contributed by atoms with Crippen LogP contribution >= 0.6 is 0 Å². The van der Waals surface area contributed by atoms with Gasteiger partial charge in [-0.2, -0.15) is 0 Å². The molecule has 1 aromatic carbocycles. The monoisotopic (exact) mass is 322 g/mol. The summed E-state index contributed by atoms with van der Waals surface area (Å²) in [5.41, 5.74) is 1.49. The Kier molecular flexibility index (Phi) is 4.78. The number of benzene rings is 1. The normalized spacial score (nSPS) is 10.5. The maximum atomic E-state index is 13.2.